The smallest absolute Gasteiger partial charge is 0.356 e. The Morgan fingerprint density at radius 1 is 0.595 bits per heavy atom. The summed E-state index contributed by atoms with van der Waals surface area (Å²) in [7, 11) is -19.4. The minimum absolute atomic E-state index is 0.392. The van der Waals surface area contributed by atoms with Crippen molar-refractivity contribution in [1.82, 2.24) is 0 Å². The highest BCUT2D eigenvalue weighted by atomic mass is 32.2. The van der Waals surface area contributed by atoms with E-state index in [2.05, 4.69) is 17.9 Å². The van der Waals surface area contributed by atoms with Crippen molar-refractivity contribution >= 4 is 50.9 Å². The molecule has 0 aromatic rings. The van der Waals surface area contributed by atoms with Crippen molar-refractivity contribution < 1.29 is 60.0 Å². The van der Waals surface area contributed by atoms with E-state index >= 15 is 0 Å². The van der Waals surface area contributed by atoms with Crippen LogP contribution >= 0.6 is 0 Å². The molecule has 2 aliphatic carbocycles. The van der Waals surface area contributed by atoms with E-state index in [0.29, 0.717) is 51.4 Å². The molecule has 2 fully saturated rings. The highest BCUT2D eigenvalue weighted by Gasteiger charge is 2.41. The molecular formula is C17H28N4O12S4. The topological polar surface area (TPSA) is 246 Å². The van der Waals surface area contributed by atoms with Gasteiger partial charge in [-0.2, -0.15) is 33.7 Å². The molecule has 0 N–H and O–H groups in total. The molecule has 0 radical (unpaired) electrons. The van der Waals surface area contributed by atoms with Crippen LogP contribution in [0.4, 0.5) is 0 Å². The van der Waals surface area contributed by atoms with Gasteiger partial charge in [0, 0.05) is 0 Å². The first-order valence-corrected chi connectivity index (χ1v) is 17.3. The van der Waals surface area contributed by atoms with Gasteiger partial charge in [0.15, 0.2) is 0 Å². The average molecular weight is 609 g/mol. The molecule has 2 aliphatic rings. The second-order valence-electron chi connectivity index (χ2n) is 8.40. The zero-order valence-electron chi connectivity index (χ0n) is 19.7. The number of rotatable bonds is 10. The minimum Gasteiger partial charge on any atom is -0.356 e. The summed E-state index contributed by atoms with van der Waals surface area (Å²) in [6, 6.07) is 0. The Morgan fingerprint density at radius 2 is 0.919 bits per heavy atom. The maximum Gasteiger partial charge on any atom is 0.612 e. The fourth-order valence-corrected chi connectivity index (χ4v) is 8.29. The Hall–Kier alpha value is -1.92. The van der Waals surface area contributed by atoms with Crippen LogP contribution in [0.5, 0.6) is 0 Å². The summed E-state index contributed by atoms with van der Waals surface area (Å²) in [6.45, 7) is 0. The van der Waals surface area contributed by atoms with E-state index in [1.165, 1.54) is 0 Å². The maximum absolute atomic E-state index is 12.2. The second-order valence-corrected chi connectivity index (χ2v) is 14.7. The third-order valence-electron chi connectivity index (χ3n) is 5.41. The number of hydrogen-bond donors (Lipinski definition) is 0. The zero-order chi connectivity index (χ0) is 27.7. The molecule has 212 valence electrons. The molecule has 0 aromatic heterocycles. The van der Waals surface area contributed by atoms with Gasteiger partial charge in [0.2, 0.25) is 0 Å². The van der Waals surface area contributed by atoms with Gasteiger partial charge in [-0.3, -0.25) is 16.7 Å². The quantitative estimate of drug-likeness (QED) is 0.109. The van der Waals surface area contributed by atoms with Crippen molar-refractivity contribution in [2.24, 2.45) is 0 Å². The lowest BCUT2D eigenvalue weighted by Gasteiger charge is -2.19. The predicted molar refractivity (Wildman–Crippen MR) is 125 cm³/mol. The van der Waals surface area contributed by atoms with Crippen LogP contribution in [0.25, 0.3) is 11.1 Å². The molecular weight excluding hydrogens is 580 g/mol. The molecule has 2 saturated carbocycles. The summed E-state index contributed by atoms with van der Waals surface area (Å²) in [5.74, 6) is -2.21. The summed E-state index contributed by atoms with van der Waals surface area (Å²) < 4.78 is 116. The molecule has 0 atom stereocenters. The normalized spacial score (nSPS) is 18.4. The second kappa shape index (κ2) is 13.2. The first-order valence-electron chi connectivity index (χ1n) is 11.3. The molecule has 20 heteroatoms. The largest absolute Gasteiger partial charge is 0.612 e. The summed E-state index contributed by atoms with van der Waals surface area (Å²) >= 11 is 0. The average Bonchev–Trinajstić information content (AvgIpc) is 2.81. The summed E-state index contributed by atoms with van der Waals surface area (Å²) in [6.07, 6.45) is 3.84. The molecule has 0 aromatic carbocycles. The van der Waals surface area contributed by atoms with Gasteiger partial charge in [-0.1, -0.05) is 38.5 Å². The molecule has 0 spiro atoms. The standard InChI is InChI=1S/C17H28N4O12S4/c18-20-16(36(26,27)30-14-8-3-1-4-9-14)32-34(22,23)12-7-13-35(24,25)33-17(21-19)37(28,29)31-15-10-5-2-6-11-15/h14-15H,1-13H2. The summed E-state index contributed by atoms with van der Waals surface area (Å²) in [4.78, 5) is 4.66. The highest BCUT2D eigenvalue weighted by Crippen LogP contribution is 2.23. The first kappa shape index (κ1) is 31.3. The zero-order valence-corrected chi connectivity index (χ0v) is 22.9. The maximum atomic E-state index is 12.2. The number of nitrogens with zero attached hydrogens (tertiary/aromatic N) is 4. The Balaban J connectivity index is 1.94. The van der Waals surface area contributed by atoms with Crippen LogP contribution in [-0.2, 0) is 57.2 Å². The Bertz CT molecular complexity index is 1230. The van der Waals surface area contributed by atoms with Crippen LogP contribution < -0.4 is 0 Å². The lowest BCUT2D eigenvalue weighted by Crippen LogP contribution is -2.31. The molecule has 2 rings (SSSR count). The molecule has 0 unspecified atom stereocenters. The molecule has 0 saturated heterocycles. The van der Waals surface area contributed by atoms with E-state index in [-0.39, 0.29) is 0 Å². The SMILES string of the molecule is [N-]=[N+]=C(OS(=O)(=O)CCCS(=O)(=O)OC(=[N+]=[N-])S(=O)(=O)OC1CCCCC1)S(=O)(=O)OC1CCCCC1. The van der Waals surface area contributed by atoms with Gasteiger partial charge < -0.3 is 11.1 Å². The van der Waals surface area contributed by atoms with Crippen LogP contribution in [-0.4, -0.2) is 77.4 Å². The van der Waals surface area contributed by atoms with Gasteiger partial charge in [-0.15, -0.1) is 9.58 Å². The lowest BCUT2D eigenvalue weighted by atomic mass is 9.98. The van der Waals surface area contributed by atoms with Gasteiger partial charge >= 0.3 is 50.9 Å². The van der Waals surface area contributed by atoms with Crippen molar-refractivity contribution in [3.8, 4) is 0 Å². The van der Waals surface area contributed by atoms with Crippen molar-refractivity contribution in [3.63, 3.8) is 0 Å². The summed E-state index contributed by atoms with van der Waals surface area (Å²) in [5.41, 5.74) is 17.9. The molecule has 16 nitrogen and oxygen atoms in total. The van der Waals surface area contributed by atoms with Crippen LogP contribution in [0.1, 0.15) is 70.6 Å². The van der Waals surface area contributed by atoms with Gasteiger partial charge in [0.05, 0.1) is 23.7 Å². The van der Waals surface area contributed by atoms with E-state index in [9.17, 15) is 33.7 Å². The van der Waals surface area contributed by atoms with Crippen LogP contribution in [0.15, 0.2) is 0 Å². The molecule has 0 amide bonds. The molecule has 0 heterocycles. The van der Waals surface area contributed by atoms with Gasteiger partial charge in [-0.05, 0) is 32.1 Å². The van der Waals surface area contributed by atoms with Crippen LogP contribution in [0.2, 0.25) is 0 Å². The molecule has 0 bridgehead atoms. The van der Waals surface area contributed by atoms with Crippen molar-refractivity contribution in [1.29, 1.82) is 0 Å². The third-order valence-corrected chi connectivity index (χ3v) is 10.3. The van der Waals surface area contributed by atoms with Gasteiger partial charge in [0.1, 0.15) is 0 Å². The Morgan fingerprint density at radius 3 is 1.22 bits per heavy atom. The van der Waals surface area contributed by atoms with Gasteiger partial charge in [-0.25, -0.2) is 0 Å². The minimum atomic E-state index is -4.88. The first-order chi connectivity index (χ1) is 17.2. The van der Waals surface area contributed by atoms with E-state index in [4.69, 9.17) is 19.4 Å². The van der Waals surface area contributed by atoms with E-state index in [1.807, 2.05) is 0 Å². The molecule has 0 aliphatic heterocycles. The van der Waals surface area contributed by atoms with Gasteiger partial charge in [0.25, 0.3) is 0 Å². The van der Waals surface area contributed by atoms with Crippen molar-refractivity contribution in [2.45, 2.75) is 82.8 Å². The van der Waals surface area contributed by atoms with E-state index in [0.717, 1.165) is 12.8 Å². The Labute approximate surface area is 216 Å². The number of hydrogen-bond acceptors (Lipinski definition) is 12. The lowest BCUT2D eigenvalue weighted by molar-refractivity contribution is -0.0220. The fraction of sp³-hybridized carbons (Fsp3) is 0.882. The predicted octanol–water partition coefficient (Wildman–Crippen LogP) is 0.599. The van der Waals surface area contributed by atoms with E-state index in [1.54, 1.807) is 0 Å². The monoisotopic (exact) mass is 608 g/mol. The Kier molecular flexibility index (Phi) is 11.2. The highest BCUT2D eigenvalue weighted by molar-refractivity contribution is 8.03. The molecule has 37 heavy (non-hydrogen) atoms. The fourth-order valence-electron chi connectivity index (χ4n) is 3.69. The van der Waals surface area contributed by atoms with Crippen LogP contribution in [0, 0.1) is 0 Å². The van der Waals surface area contributed by atoms with Crippen molar-refractivity contribution in [2.75, 3.05) is 11.5 Å². The van der Waals surface area contributed by atoms with E-state index < -0.39 is 81.1 Å². The van der Waals surface area contributed by atoms with Crippen LogP contribution in [0.3, 0.4) is 0 Å². The summed E-state index contributed by atoms with van der Waals surface area (Å²) in [5, 5.41) is -3.28. The van der Waals surface area contributed by atoms with Crippen molar-refractivity contribution in [3.05, 3.63) is 11.1 Å². The third kappa shape index (κ3) is 10.4.